The van der Waals surface area contributed by atoms with Crippen LogP contribution in [0.1, 0.15) is 19.4 Å². The van der Waals surface area contributed by atoms with Crippen molar-refractivity contribution in [3.8, 4) is 0 Å². The number of nitrogens with one attached hydrogen (secondary N) is 1. The lowest BCUT2D eigenvalue weighted by Gasteiger charge is -2.31. The molecule has 0 bridgehead atoms. The first-order valence-corrected chi connectivity index (χ1v) is 8.29. The third-order valence-electron chi connectivity index (χ3n) is 2.92. The second kappa shape index (κ2) is 7.56. The van der Waals surface area contributed by atoms with Gasteiger partial charge in [-0.15, -0.1) is 0 Å². The first kappa shape index (κ1) is 16.9. The van der Waals surface area contributed by atoms with Crippen molar-refractivity contribution in [1.29, 1.82) is 0 Å². The number of aryl methyl sites for hydroxylation is 1. The van der Waals surface area contributed by atoms with Gasteiger partial charge in [0.2, 0.25) is 0 Å². The molecule has 0 radical (unpaired) electrons. The fourth-order valence-electron chi connectivity index (χ4n) is 1.85. The molecule has 1 fully saturated rings. The molecule has 1 saturated heterocycles. The first-order chi connectivity index (χ1) is 9.47. The SMILES string of the molecule is CC.Cc1cncc(NS(=O)(=O)N2CCN(C)CC2)c1. The predicted molar refractivity (Wildman–Crippen MR) is 81.9 cm³/mol. The third kappa shape index (κ3) is 4.73. The van der Waals surface area contributed by atoms with Crippen molar-refractivity contribution in [2.75, 3.05) is 37.9 Å². The van der Waals surface area contributed by atoms with Gasteiger partial charge in [-0.3, -0.25) is 9.71 Å². The second-order valence-electron chi connectivity index (χ2n) is 4.56. The maximum absolute atomic E-state index is 12.1. The van der Waals surface area contributed by atoms with Gasteiger partial charge in [0, 0.05) is 32.4 Å². The highest BCUT2D eigenvalue weighted by Gasteiger charge is 2.25. The lowest BCUT2D eigenvalue weighted by atomic mass is 10.3. The summed E-state index contributed by atoms with van der Waals surface area (Å²) < 4.78 is 28.3. The summed E-state index contributed by atoms with van der Waals surface area (Å²) in [4.78, 5) is 6.08. The summed E-state index contributed by atoms with van der Waals surface area (Å²) in [6.45, 7) is 8.43. The maximum atomic E-state index is 12.1. The number of anilines is 1. The van der Waals surface area contributed by atoms with Gasteiger partial charge in [-0.2, -0.15) is 12.7 Å². The summed E-state index contributed by atoms with van der Waals surface area (Å²) in [6, 6.07) is 1.76. The summed E-state index contributed by atoms with van der Waals surface area (Å²) in [5, 5.41) is 0. The van der Waals surface area contributed by atoms with Crippen LogP contribution in [0.15, 0.2) is 18.5 Å². The van der Waals surface area contributed by atoms with Gasteiger partial charge in [-0.25, -0.2) is 0 Å². The van der Waals surface area contributed by atoms with Crippen molar-refractivity contribution in [2.24, 2.45) is 0 Å². The van der Waals surface area contributed by atoms with Gasteiger partial charge in [-0.05, 0) is 25.6 Å². The Hall–Kier alpha value is -1.18. The minimum absolute atomic E-state index is 0.508. The van der Waals surface area contributed by atoms with E-state index >= 15 is 0 Å². The molecule has 1 aliphatic heterocycles. The molecule has 1 aromatic rings. The van der Waals surface area contributed by atoms with E-state index in [0.717, 1.165) is 18.7 Å². The average molecular weight is 300 g/mol. The molecule has 2 rings (SSSR count). The molecule has 7 heteroatoms. The largest absolute Gasteiger partial charge is 0.304 e. The normalized spacial score (nSPS) is 17.2. The Morgan fingerprint density at radius 3 is 2.30 bits per heavy atom. The highest BCUT2D eigenvalue weighted by Crippen LogP contribution is 2.13. The number of likely N-dealkylation sites (N-methyl/N-ethyl adjacent to an activating group) is 1. The number of nitrogens with zero attached hydrogens (tertiary/aromatic N) is 3. The van der Waals surface area contributed by atoms with Crippen LogP contribution < -0.4 is 4.72 Å². The van der Waals surface area contributed by atoms with Crippen molar-refractivity contribution in [3.05, 3.63) is 24.0 Å². The lowest BCUT2D eigenvalue weighted by Crippen LogP contribution is -2.48. The number of rotatable bonds is 3. The molecule has 1 aliphatic rings. The molecule has 114 valence electrons. The highest BCUT2D eigenvalue weighted by atomic mass is 32.2. The third-order valence-corrected chi connectivity index (χ3v) is 4.46. The van der Waals surface area contributed by atoms with Crippen molar-refractivity contribution in [2.45, 2.75) is 20.8 Å². The maximum Gasteiger partial charge on any atom is 0.301 e. The Morgan fingerprint density at radius 2 is 1.75 bits per heavy atom. The zero-order valence-electron chi connectivity index (χ0n) is 12.6. The number of hydrogen-bond donors (Lipinski definition) is 1. The van der Waals surface area contributed by atoms with E-state index in [2.05, 4.69) is 14.6 Å². The second-order valence-corrected chi connectivity index (χ2v) is 6.23. The zero-order chi connectivity index (χ0) is 15.2. The molecule has 0 spiro atoms. The molecule has 0 unspecified atom stereocenters. The topological polar surface area (TPSA) is 65.5 Å². The number of pyridine rings is 1. The van der Waals surface area contributed by atoms with Gasteiger partial charge in [-0.1, -0.05) is 13.8 Å². The van der Waals surface area contributed by atoms with Crippen molar-refractivity contribution >= 4 is 15.9 Å². The van der Waals surface area contributed by atoms with Crippen LogP contribution >= 0.6 is 0 Å². The monoisotopic (exact) mass is 300 g/mol. The minimum Gasteiger partial charge on any atom is -0.304 e. The molecule has 20 heavy (non-hydrogen) atoms. The van der Waals surface area contributed by atoms with E-state index in [-0.39, 0.29) is 0 Å². The van der Waals surface area contributed by atoms with Gasteiger partial charge >= 0.3 is 10.2 Å². The Labute approximate surface area is 122 Å². The van der Waals surface area contributed by atoms with Crippen LogP contribution in [-0.2, 0) is 10.2 Å². The molecule has 0 aromatic carbocycles. The van der Waals surface area contributed by atoms with E-state index in [1.165, 1.54) is 10.5 Å². The van der Waals surface area contributed by atoms with Crippen LogP contribution in [-0.4, -0.2) is 55.8 Å². The van der Waals surface area contributed by atoms with Crippen LogP contribution in [0.4, 0.5) is 5.69 Å². The Morgan fingerprint density at radius 1 is 1.15 bits per heavy atom. The Balaban J connectivity index is 0.000000956. The minimum atomic E-state index is -3.46. The zero-order valence-corrected chi connectivity index (χ0v) is 13.4. The standard InChI is InChI=1S/C11H18N4O2S.C2H6/c1-10-7-11(9-12-8-10)13-18(16,17)15-5-3-14(2)4-6-15;1-2/h7-9,13H,3-6H2,1-2H3;1-2H3. The molecule has 0 saturated carbocycles. The molecule has 1 N–H and O–H groups in total. The van der Waals surface area contributed by atoms with Crippen molar-refractivity contribution in [1.82, 2.24) is 14.2 Å². The van der Waals surface area contributed by atoms with Crippen LogP contribution in [0.3, 0.4) is 0 Å². The smallest absolute Gasteiger partial charge is 0.301 e. The van der Waals surface area contributed by atoms with Gasteiger partial charge in [0.05, 0.1) is 11.9 Å². The molecule has 2 heterocycles. The van der Waals surface area contributed by atoms with Crippen LogP contribution in [0.5, 0.6) is 0 Å². The summed E-state index contributed by atoms with van der Waals surface area (Å²) in [5.41, 5.74) is 1.43. The number of aromatic nitrogens is 1. The summed E-state index contributed by atoms with van der Waals surface area (Å²) in [5.74, 6) is 0. The van der Waals surface area contributed by atoms with Crippen LogP contribution in [0.25, 0.3) is 0 Å². The van der Waals surface area contributed by atoms with Gasteiger partial charge in [0.1, 0.15) is 0 Å². The van der Waals surface area contributed by atoms with E-state index in [4.69, 9.17) is 0 Å². The number of hydrogen-bond acceptors (Lipinski definition) is 4. The van der Waals surface area contributed by atoms with Crippen molar-refractivity contribution < 1.29 is 8.42 Å². The van der Waals surface area contributed by atoms with Crippen molar-refractivity contribution in [3.63, 3.8) is 0 Å². The fourth-order valence-corrected chi connectivity index (χ4v) is 3.04. The molecular formula is C13H24N4O2S. The summed E-state index contributed by atoms with van der Waals surface area (Å²) in [7, 11) is -1.47. The van der Waals surface area contributed by atoms with Gasteiger partial charge in [0.15, 0.2) is 0 Å². The molecule has 6 nitrogen and oxygen atoms in total. The van der Waals surface area contributed by atoms with Crippen LogP contribution in [0, 0.1) is 6.92 Å². The molecule has 0 amide bonds. The van der Waals surface area contributed by atoms with E-state index in [1.807, 2.05) is 27.8 Å². The number of piperazine rings is 1. The molecular weight excluding hydrogens is 276 g/mol. The highest BCUT2D eigenvalue weighted by molar-refractivity contribution is 7.90. The summed E-state index contributed by atoms with van der Waals surface area (Å²) in [6.07, 6.45) is 3.20. The fraction of sp³-hybridized carbons (Fsp3) is 0.615. The van der Waals surface area contributed by atoms with Gasteiger partial charge in [0.25, 0.3) is 0 Å². The predicted octanol–water partition coefficient (Wildman–Crippen LogP) is 1.32. The Kier molecular flexibility index (Phi) is 6.38. The molecule has 0 atom stereocenters. The molecule has 0 aliphatic carbocycles. The quantitative estimate of drug-likeness (QED) is 0.914. The van der Waals surface area contributed by atoms with Crippen LogP contribution in [0.2, 0.25) is 0 Å². The van der Waals surface area contributed by atoms with E-state index in [1.54, 1.807) is 12.3 Å². The summed E-state index contributed by atoms with van der Waals surface area (Å²) >= 11 is 0. The molecule has 1 aromatic heterocycles. The lowest BCUT2D eigenvalue weighted by molar-refractivity contribution is 0.223. The average Bonchev–Trinajstić information content (AvgIpc) is 2.41. The van der Waals surface area contributed by atoms with Gasteiger partial charge < -0.3 is 4.90 Å². The van der Waals surface area contributed by atoms with E-state index < -0.39 is 10.2 Å². The first-order valence-electron chi connectivity index (χ1n) is 6.85. The van der Waals surface area contributed by atoms with E-state index in [0.29, 0.717) is 18.8 Å². The van der Waals surface area contributed by atoms with E-state index in [9.17, 15) is 8.42 Å². The Bertz CT molecular complexity index is 511.